The van der Waals surface area contributed by atoms with E-state index in [-0.39, 0.29) is 18.0 Å². The molecule has 6 heteroatoms. The second-order valence-electron chi connectivity index (χ2n) is 4.12. The molecule has 2 unspecified atom stereocenters. The SMILES string of the molecule is CNC(=O)C1CCC(c2ncc(Br)c(C)n2)N1. The molecule has 0 bridgehead atoms. The van der Waals surface area contributed by atoms with Gasteiger partial charge in [0.15, 0.2) is 0 Å². The van der Waals surface area contributed by atoms with Gasteiger partial charge < -0.3 is 5.32 Å². The molecule has 1 fully saturated rings. The van der Waals surface area contributed by atoms with Gasteiger partial charge in [-0.25, -0.2) is 9.97 Å². The second kappa shape index (κ2) is 5.10. The molecule has 1 amide bonds. The van der Waals surface area contributed by atoms with Crippen LogP contribution < -0.4 is 10.6 Å². The molecule has 1 saturated heterocycles. The van der Waals surface area contributed by atoms with Crippen LogP contribution >= 0.6 is 15.9 Å². The van der Waals surface area contributed by atoms with Gasteiger partial charge in [-0.05, 0) is 35.7 Å². The molecule has 0 aromatic carbocycles. The Morgan fingerprint density at radius 2 is 2.35 bits per heavy atom. The van der Waals surface area contributed by atoms with Crippen molar-refractivity contribution in [2.75, 3.05) is 7.05 Å². The number of likely N-dealkylation sites (N-methyl/N-ethyl adjacent to an activating group) is 1. The summed E-state index contributed by atoms with van der Waals surface area (Å²) in [7, 11) is 1.65. The molecule has 5 nitrogen and oxygen atoms in total. The van der Waals surface area contributed by atoms with E-state index in [1.165, 1.54) is 0 Å². The van der Waals surface area contributed by atoms with Crippen LogP contribution in [0, 0.1) is 6.92 Å². The van der Waals surface area contributed by atoms with Gasteiger partial charge in [-0.1, -0.05) is 0 Å². The number of hydrogen-bond donors (Lipinski definition) is 2. The molecule has 2 atom stereocenters. The zero-order chi connectivity index (χ0) is 12.4. The van der Waals surface area contributed by atoms with Gasteiger partial charge in [-0.2, -0.15) is 0 Å². The molecule has 0 radical (unpaired) electrons. The molecule has 1 aromatic heterocycles. The first kappa shape index (κ1) is 12.4. The van der Waals surface area contributed by atoms with E-state index in [0.29, 0.717) is 0 Å². The quantitative estimate of drug-likeness (QED) is 0.858. The Hall–Kier alpha value is -1.01. The van der Waals surface area contributed by atoms with Gasteiger partial charge in [0.1, 0.15) is 5.82 Å². The van der Waals surface area contributed by atoms with E-state index in [1.54, 1.807) is 13.2 Å². The summed E-state index contributed by atoms with van der Waals surface area (Å²) in [5.74, 6) is 0.790. The topological polar surface area (TPSA) is 66.9 Å². The number of carbonyl (C=O) groups excluding carboxylic acids is 1. The molecule has 92 valence electrons. The van der Waals surface area contributed by atoms with Crippen LogP contribution in [0.5, 0.6) is 0 Å². The Morgan fingerprint density at radius 1 is 1.59 bits per heavy atom. The lowest BCUT2D eigenvalue weighted by molar-refractivity contribution is -0.122. The molecular formula is C11H15BrN4O. The summed E-state index contributed by atoms with van der Waals surface area (Å²) >= 11 is 3.37. The highest BCUT2D eigenvalue weighted by molar-refractivity contribution is 9.10. The fourth-order valence-corrected chi connectivity index (χ4v) is 2.16. The zero-order valence-corrected chi connectivity index (χ0v) is 11.4. The predicted molar refractivity (Wildman–Crippen MR) is 67.4 cm³/mol. The van der Waals surface area contributed by atoms with Crippen LogP contribution in [-0.2, 0) is 4.79 Å². The maximum Gasteiger partial charge on any atom is 0.236 e. The van der Waals surface area contributed by atoms with Crippen molar-refractivity contribution >= 4 is 21.8 Å². The van der Waals surface area contributed by atoms with Crippen LogP contribution in [0.15, 0.2) is 10.7 Å². The summed E-state index contributed by atoms with van der Waals surface area (Å²) in [6, 6.07) is -0.0540. The molecule has 1 aromatic rings. The van der Waals surface area contributed by atoms with Crippen molar-refractivity contribution in [3.05, 3.63) is 22.2 Å². The maximum atomic E-state index is 11.5. The largest absolute Gasteiger partial charge is 0.358 e. The lowest BCUT2D eigenvalue weighted by atomic mass is 10.2. The number of carbonyl (C=O) groups is 1. The van der Waals surface area contributed by atoms with Gasteiger partial charge in [0.2, 0.25) is 5.91 Å². The first-order valence-corrected chi connectivity index (χ1v) is 6.37. The van der Waals surface area contributed by atoms with Crippen molar-refractivity contribution in [1.29, 1.82) is 0 Å². The van der Waals surface area contributed by atoms with Crippen LogP contribution in [-0.4, -0.2) is 29.0 Å². The Bertz CT molecular complexity index is 437. The molecule has 1 aliphatic rings. The first-order chi connectivity index (χ1) is 8.11. The third-order valence-electron chi connectivity index (χ3n) is 2.96. The Labute approximate surface area is 109 Å². The van der Waals surface area contributed by atoms with Crippen molar-refractivity contribution in [2.24, 2.45) is 0 Å². The Kier molecular flexibility index (Phi) is 3.73. The molecular weight excluding hydrogens is 284 g/mol. The zero-order valence-electron chi connectivity index (χ0n) is 9.83. The molecule has 1 aliphatic heterocycles. The van der Waals surface area contributed by atoms with Crippen molar-refractivity contribution in [1.82, 2.24) is 20.6 Å². The summed E-state index contributed by atoms with van der Waals surface area (Å²) < 4.78 is 0.905. The van der Waals surface area contributed by atoms with E-state index in [4.69, 9.17) is 0 Å². The van der Waals surface area contributed by atoms with Gasteiger partial charge in [0.25, 0.3) is 0 Å². The molecule has 17 heavy (non-hydrogen) atoms. The van der Waals surface area contributed by atoms with Crippen LogP contribution in [0.3, 0.4) is 0 Å². The minimum Gasteiger partial charge on any atom is -0.358 e. The normalized spacial score (nSPS) is 23.7. The molecule has 0 saturated carbocycles. The summed E-state index contributed by atoms with van der Waals surface area (Å²) in [5, 5.41) is 5.90. The number of halogens is 1. The molecule has 2 heterocycles. The number of nitrogens with zero attached hydrogens (tertiary/aromatic N) is 2. The van der Waals surface area contributed by atoms with Crippen LogP contribution in [0.25, 0.3) is 0 Å². The number of nitrogens with one attached hydrogen (secondary N) is 2. The van der Waals surface area contributed by atoms with Gasteiger partial charge >= 0.3 is 0 Å². The van der Waals surface area contributed by atoms with Crippen molar-refractivity contribution in [2.45, 2.75) is 31.8 Å². The molecule has 2 rings (SSSR count). The van der Waals surface area contributed by atoms with Gasteiger partial charge in [-0.3, -0.25) is 10.1 Å². The number of hydrogen-bond acceptors (Lipinski definition) is 4. The fourth-order valence-electron chi connectivity index (χ4n) is 1.97. The lowest BCUT2D eigenvalue weighted by Gasteiger charge is -2.12. The number of rotatable bonds is 2. The number of amides is 1. The minimum absolute atomic E-state index is 0.0290. The van der Waals surface area contributed by atoms with E-state index in [1.807, 2.05) is 6.92 Å². The summed E-state index contributed by atoms with van der Waals surface area (Å²) in [6.07, 6.45) is 3.47. The van der Waals surface area contributed by atoms with Crippen LogP contribution in [0.1, 0.15) is 30.4 Å². The highest BCUT2D eigenvalue weighted by Crippen LogP contribution is 2.25. The van der Waals surface area contributed by atoms with E-state index < -0.39 is 0 Å². The predicted octanol–water partition coefficient (Wildman–Crippen LogP) is 1.09. The smallest absolute Gasteiger partial charge is 0.236 e. The summed E-state index contributed by atoms with van der Waals surface area (Å²) in [5.41, 5.74) is 0.917. The Balaban J connectivity index is 2.10. The highest BCUT2D eigenvalue weighted by Gasteiger charge is 2.30. The molecule has 2 N–H and O–H groups in total. The highest BCUT2D eigenvalue weighted by atomic mass is 79.9. The van der Waals surface area contributed by atoms with Crippen molar-refractivity contribution in [3.63, 3.8) is 0 Å². The average molecular weight is 299 g/mol. The van der Waals surface area contributed by atoms with E-state index in [9.17, 15) is 4.79 Å². The summed E-state index contributed by atoms with van der Waals surface area (Å²) in [4.78, 5) is 20.2. The van der Waals surface area contributed by atoms with E-state index in [0.717, 1.165) is 28.8 Å². The van der Waals surface area contributed by atoms with E-state index >= 15 is 0 Å². The van der Waals surface area contributed by atoms with Crippen LogP contribution in [0.2, 0.25) is 0 Å². The van der Waals surface area contributed by atoms with Gasteiger partial charge in [-0.15, -0.1) is 0 Å². The van der Waals surface area contributed by atoms with Crippen molar-refractivity contribution < 1.29 is 4.79 Å². The summed E-state index contributed by atoms with van der Waals surface area (Å²) in [6.45, 7) is 1.93. The Morgan fingerprint density at radius 3 is 3.00 bits per heavy atom. The molecule has 0 spiro atoms. The van der Waals surface area contributed by atoms with E-state index in [2.05, 4.69) is 36.5 Å². The van der Waals surface area contributed by atoms with Gasteiger partial charge in [0.05, 0.1) is 22.3 Å². The first-order valence-electron chi connectivity index (χ1n) is 5.58. The van der Waals surface area contributed by atoms with Crippen LogP contribution in [0.4, 0.5) is 0 Å². The van der Waals surface area contributed by atoms with Gasteiger partial charge in [0, 0.05) is 13.2 Å². The van der Waals surface area contributed by atoms with Crippen molar-refractivity contribution in [3.8, 4) is 0 Å². The standard InChI is InChI=1S/C11H15BrN4O/c1-6-7(12)5-14-10(15-6)8-3-4-9(16-8)11(17)13-2/h5,8-9,16H,3-4H2,1-2H3,(H,13,17). The molecule has 0 aliphatic carbocycles. The third kappa shape index (κ3) is 2.63. The third-order valence-corrected chi connectivity index (χ3v) is 3.74. The fraction of sp³-hybridized carbons (Fsp3) is 0.545. The minimum atomic E-state index is -0.127. The number of aryl methyl sites for hydroxylation is 1. The second-order valence-corrected chi connectivity index (χ2v) is 4.98. The lowest BCUT2D eigenvalue weighted by Crippen LogP contribution is -2.39. The monoisotopic (exact) mass is 298 g/mol. The number of aromatic nitrogens is 2. The maximum absolute atomic E-state index is 11.5. The average Bonchev–Trinajstić information content (AvgIpc) is 2.81.